The normalized spacial score (nSPS) is 28.6. The molecule has 0 bridgehead atoms. The van der Waals surface area contributed by atoms with Crippen molar-refractivity contribution >= 4 is 0 Å². The molecule has 0 unspecified atom stereocenters. The van der Waals surface area contributed by atoms with E-state index in [9.17, 15) is 0 Å². The van der Waals surface area contributed by atoms with Crippen LogP contribution >= 0.6 is 0 Å². The van der Waals surface area contributed by atoms with Crippen LogP contribution in [-0.4, -0.2) is 22.6 Å². The predicted molar refractivity (Wildman–Crippen MR) is 83.0 cm³/mol. The van der Waals surface area contributed by atoms with Crippen LogP contribution in [0.1, 0.15) is 75.9 Å². The molecule has 0 spiro atoms. The zero-order valence-electron chi connectivity index (χ0n) is 12.9. The molecule has 1 aromatic rings. The van der Waals surface area contributed by atoms with E-state index in [2.05, 4.69) is 34.3 Å². The minimum atomic E-state index is 0.718. The third kappa shape index (κ3) is 3.08. The molecular weight excluding hydrogens is 246 g/mol. The number of nitrogens with zero attached hydrogens (tertiary/aromatic N) is 2. The Morgan fingerprint density at radius 3 is 2.60 bits per heavy atom. The Morgan fingerprint density at radius 1 is 1.15 bits per heavy atom. The Morgan fingerprint density at radius 2 is 1.90 bits per heavy atom. The van der Waals surface area contributed by atoms with Crippen LogP contribution in [0.15, 0.2) is 12.5 Å². The lowest BCUT2D eigenvalue weighted by Crippen LogP contribution is -2.28. The summed E-state index contributed by atoms with van der Waals surface area (Å²) in [5, 5.41) is 3.47. The lowest BCUT2D eigenvalue weighted by Gasteiger charge is -2.32. The highest BCUT2D eigenvalue weighted by atomic mass is 15.1. The van der Waals surface area contributed by atoms with Gasteiger partial charge < -0.3 is 9.88 Å². The average molecular weight is 275 g/mol. The van der Waals surface area contributed by atoms with Crippen molar-refractivity contribution in [2.75, 3.05) is 13.1 Å². The van der Waals surface area contributed by atoms with Crippen LogP contribution < -0.4 is 5.32 Å². The van der Waals surface area contributed by atoms with E-state index >= 15 is 0 Å². The molecule has 3 heteroatoms. The number of rotatable bonds is 4. The van der Waals surface area contributed by atoms with Crippen molar-refractivity contribution in [3.8, 4) is 0 Å². The molecule has 1 saturated carbocycles. The monoisotopic (exact) mass is 275 g/mol. The summed E-state index contributed by atoms with van der Waals surface area (Å²) in [6, 6.07) is 0.718. The molecule has 0 amide bonds. The maximum Gasteiger partial charge on any atom is 0.0950 e. The summed E-state index contributed by atoms with van der Waals surface area (Å²) in [6.07, 6.45) is 15.1. The smallest absolute Gasteiger partial charge is 0.0950 e. The molecule has 1 saturated heterocycles. The Hall–Kier alpha value is -0.830. The number of hydrogen-bond acceptors (Lipinski definition) is 2. The molecule has 0 atom stereocenters. The zero-order chi connectivity index (χ0) is 13.8. The van der Waals surface area contributed by atoms with Crippen molar-refractivity contribution in [1.82, 2.24) is 14.9 Å². The number of nitrogens with one attached hydrogen (secondary N) is 1. The summed E-state index contributed by atoms with van der Waals surface area (Å²) < 4.78 is 2.53. The van der Waals surface area contributed by atoms with Gasteiger partial charge in [-0.15, -0.1) is 0 Å². The predicted octanol–water partition coefficient (Wildman–Crippen LogP) is 3.88. The molecule has 2 heterocycles. The maximum atomic E-state index is 4.47. The first-order valence-electron chi connectivity index (χ1n) is 8.61. The van der Waals surface area contributed by atoms with Crippen LogP contribution in [0.2, 0.25) is 0 Å². The van der Waals surface area contributed by atoms with E-state index in [-0.39, 0.29) is 0 Å². The standard InChI is InChI=1S/C17H29N3/c1-2-3-14-4-6-16(7-5-14)20-13-19-12-17(20)15-8-10-18-11-9-15/h12-16,18H,2-11H2,1H3. The largest absolute Gasteiger partial charge is 0.331 e. The topological polar surface area (TPSA) is 29.9 Å². The quantitative estimate of drug-likeness (QED) is 0.903. The van der Waals surface area contributed by atoms with Gasteiger partial charge in [0.05, 0.1) is 6.33 Å². The first-order valence-corrected chi connectivity index (χ1v) is 8.61. The van der Waals surface area contributed by atoms with Gasteiger partial charge in [0.1, 0.15) is 0 Å². The fraction of sp³-hybridized carbons (Fsp3) is 0.824. The zero-order valence-corrected chi connectivity index (χ0v) is 12.9. The van der Waals surface area contributed by atoms with Gasteiger partial charge in [0.2, 0.25) is 0 Å². The summed E-state index contributed by atoms with van der Waals surface area (Å²) in [7, 11) is 0. The van der Waals surface area contributed by atoms with Gasteiger partial charge in [0, 0.05) is 23.9 Å². The van der Waals surface area contributed by atoms with Crippen molar-refractivity contribution < 1.29 is 0 Å². The summed E-state index contributed by atoms with van der Waals surface area (Å²) in [6.45, 7) is 4.65. The SMILES string of the molecule is CCCC1CCC(n2cncc2C2CCNCC2)CC1. The lowest BCUT2D eigenvalue weighted by atomic mass is 9.83. The fourth-order valence-electron chi connectivity index (χ4n) is 4.17. The van der Waals surface area contributed by atoms with Gasteiger partial charge in [-0.2, -0.15) is 0 Å². The number of imidazole rings is 1. The summed E-state index contributed by atoms with van der Waals surface area (Å²) >= 11 is 0. The molecule has 3 nitrogen and oxygen atoms in total. The highest BCUT2D eigenvalue weighted by Gasteiger charge is 2.26. The van der Waals surface area contributed by atoms with Crippen molar-refractivity contribution in [2.24, 2.45) is 5.92 Å². The second-order valence-corrected chi connectivity index (χ2v) is 6.71. The van der Waals surface area contributed by atoms with Crippen LogP contribution in [-0.2, 0) is 0 Å². The molecule has 3 rings (SSSR count). The number of hydrogen-bond donors (Lipinski definition) is 1. The minimum Gasteiger partial charge on any atom is -0.331 e. The van der Waals surface area contributed by atoms with Crippen LogP contribution in [0, 0.1) is 5.92 Å². The molecule has 112 valence electrons. The van der Waals surface area contributed by atoms with Crippen LogP contribution in [0.3, 0.4) is 0 Å². The Labute approximate surface area is 123 Å². The van der Waals surface area contributed by atoms with Gasteiger partial charge >= 0.3 is 0 Å². The molecule has 1 N–H and O–H groups in total. The molecule has 2 aliphatic rings. The van der Waals surface area contributed by atoms with E-state index in [1.807, 2.05) is 0 Å². The van der Waals surface area contributed by atoms with Gasteiger partial charge in [-0.3, -0.25) is 0 Å². The van der Waals surface area contributed by atoms with Gasteiger partial charge in [-0.1, -0.05) is 19.8 Å². The second-order valence-electron chi connectivity index (χ2n) is 6.71. The summed E-state index contributed by atoms with van der Waals surface area (Å²) in [4.78, 5) is 4.47. The first kappa shape index (κ1) is 14.1. The molecular formula is C17H29N3. The molecule has 1 aliphatic heterocycles. The fourth-order valence-corrected chi connectivity index (χ4v) is 4.17. The maximum absolute atomic E-state index is 4.47. The van der Waals surface area contributed by atoms with E-state index < -0.39 is 0 Å². The Bertz CT molecular complexity index is 398. The number of piperidine rings is 1. The Kier molecular flexibility index (Phi) is 4.77. The molecule has 0 aromatic carbocycles. The Balaban J connectivity index is 1.64. The van der Waals surface area contributed by atoms with E-state index in [1.165, 1.54) is 70.2 Å². The minimum absolute atomic E-state index is 0.718. The van der Waals surface area contributed by atoms with E-state index in [1.54, 1.807) is 0 Å². The third-order valence-electron chi connectivity index (χ3n) is 5.36. The molecule has 1 aromatic heterocycles. The molecule has 2 fully saturated rings. The van der Waals surface area contributed by atoms with Crippen LogP contribution in [0.4, 0.5) is 0 Å². The van der Waals surface area contributed by atoms with Crippen LogP contribution in [0.5, 0.6) is 0 Å². The van der Waals surface area contributed by atoms with Gasteiger partial charge in [-0.05, 0) is 57.5 Å². The molecule has 20 heavy (non-hydrogen) atoms. The van der Waals surface area contributed by atoms with Gasteiger partial charge in [0.25, 0.3) is 0 Å². The number of aromatic nitrogens is 2. The van der Waals surface area contributed by atoms with Crippen molar-refractivity contribution in [2.45, 2.75) is 70.3 Å². The van der Waals surface area contributed by atoms with Crippen LogP contribution in [0.25, 0.3) is 0 Å². The van der Waals surface area contributed by atoms with Crippen molar-refractivity contribution in [1.29, 1.82) is 0 Å². The van der Waals surface area contributed by atoms with E-state index in [4.69, 9.17) is 0 Å². The average Bonchev–Trinajstić information content (AvgIpc) is 2.99. The van der Waals surface area contributed by atoms with E-state index in [0.717, 1.165) is 17.9 Å². The van der Waals surface area contributed by atoms with Crippen molar-refractivity contribution in [3.63, 3.8) is 0 Å². The summed E-state index contributed by atoms with van der Waals surface area (Å²) in [5.41, 5.74) is 1.51. The highest BCUT2D eigenvalue weighted by Crippen LogP contribution is 2.37. The molecule has 1 aliphatic carbocycles. The van der Waals surface area contributed by atoms with Gasteiger partial charge in [-0.25, -0.2) is 4.98 Å². The second kappa shape index (κ2) is 6.75. The van der Waals surface area contributed by atoms with Gasteiger partial charge in [0.15, 0.2) is 0 Å². The summed E-state index contributed by atoms with van der Waals surface area (Å²) in [5.74, 6) is 1.72. The highest BCUT2D eigenvalue weighted by molar-refractivity contribution is 5.09. The van der Waals surface area contributed by atoms with E-state index in [0.29, 0.717) is 0 Å². The lowest BCUT2D eigenvalue weighted by molar-refractivity contribution is 0.255. The third-order valence-corrected chi connectivity index (χ3v) is 5.36. The van der Waals surface area contributed by atoms with Crippen molar-refractivity contribution in [3.05, 3.63) is 18.2 Å². The molecule has 0 radical (unpaired) electrons. The first-order chi connectivity index (χ1) is 9.88.